The van der Waals surface area contributed by atoms with Crippen molar-refractivity contribution >= 4 is 88.8 Å². The van der Waals surface area contributed by atoms with Crippen LogP contribution in [0.3, 0.4) is 0 Å². The lowest BCUT2D eigenvalue weighted by Crippen LogP contribution is -2.28. The summed E-state index contributed by atoms with van der Waals surface area (Å²) in [4.78, 5) is 4.86. The van der Waals surface area contributed by atoms with Crippen LogP contribution in [-0.2, 0) is 10.8 Å². The predicted octanol–water partition coefficient (Wildman–Crippen LogP) is 26.9. The minimum atomic E-state index is -0.662. The lowest BCUT2D eigenvalue weighted by Gasteiger charge is -2.35. The first kappa shape index (κ1) is 59.1. The molecule has 0 fully saturated rings. The number of hydrogen-bond donors (Lipinski definition) is 0. The highest BCUT2D eigenvalue weighted by atomic mass is 16.3. The zero-order valence-corrected chi connectivity index (χ0v) is 56.4. The SMILES string of the molecule is CC1(C)c2cc(-c3ccc(C4(c5ccccc5)c5ccccc5-c5ccc(N(c6ccc(-c7cccc8c7oc7ccccc78)cc6)c6cccc7ccccc67)cc54)cc3)ccc2-c2ccc(N(c3ccc(-c4ccccc4)cc3)c3ccc(-c4cccc5c4oc4ccccc45)cc3)cc21. The molecule has 20 rings (SSSR count). The van der Waals surface area contributed by atoms with Crippen LogP contribution >= 0.6 is 0 Å². The van der Waals surface area contributed by atoms with E-state index in [1.807, 2.05) is 12.1 Å². The zero-order chi connectivity index (χ0) is 67.6. The molecule has 1 unspecified atom stereocenters. The maximum absolute atomic E-state index is 6.58. The number of hydrogen-bond acceptors (Lipinski definition) is 4. The monoisotopic (exact) mass is 1300 g/mol. The van der Waals surface area contributed by atoms with E-state index in [-0.39, 0.29) is 5.41 Å². The second-order valence-corrected chi connectivity index (χ2v) is 27.8. The molecule has 1 atom stereocenters. The van der Waals surface area contributed by atoms with Crippen LogP contribution in [-0.4, -0.2) is 0 Å². The third kappa shape index (κ3) is 9.23. The number of benzene rings is 16. The summed E-state index contributed by atoms with van der Waals surface area (Å²) in [5.41, 5.74) is 30.8. The molecule has 0 saturated heterocycles. The molecule has 0 spiro atoms. The van der Waals surface area contributed by atoms with Gasteiger partial charge in [0.2, 0.25) is 0 Å². The van der Waals surface area contributed by atoms with Gasteiger partial charge in [-0.05, 0) is 179 Å². The summed E-state index contributed by atoms with van der Waals surface area (Å²) in [5.74, 6) is 0. The van der Waals surface area contributed by atoms with Gasteiger partial charge in [0.1, 0.15) is 22.3 Å². The molecular formula is C98H66N2O2. The standard InChI is InChI=1S/C98H66N2O2/c1-97(2)89-60-69(46-57-81(89)82-58-55-75(61-90(82)97)99(72-49-40-64(41-50-72)63-20-5-3-6-21-63)73-51-42-67(43-52-73)78-30-18-32-86-84-28-12-15-36-93(84)101-95(78)86)65-38-47-71(48-39-65)98(70-24-7-4-8-25-70)88-34-14-11-27-80(88)83-59-56-76(62-91(83)98)100(92-35-17-23-66-22-9-10-26-77(66)92)74-53-44-68(45-54-74)79-31-19-33-87-85-29-13-16-37-94(85)102-96(79)87/h3-62H,1-2H3. The fourth-order valence-corrected chi connectivity index (χ4v) is 17.1. The number of rotatable bonds is 12. The second-order valence-electron chi connectivity index (χ2n) is 27.8. The highest BCUT2D eigenvalue weighted by Gasteiger charge is 2.47. The van der Waals surface area contributed by atoms with E-state index in [1.165, 1.54) is 88.7 Å². The van der Waals surface area contributed by atoms with Gasteiger partial charge >= 0.3 is 0 Å². The van der Waals surface area contributed by atoms with E-state index in [0.29, 0.717) is 0 Å². The van der Waals surface area contributed by atoms with Crippen LogP contribution in [0.5, 0.6) is 0 Å². The van der Waals surface area contributed by atoms with Gasteiger partial charge in [0.15, 0.2) is 0 Å². The van der Waals surface area contributed by atoms with Crippen LogP contribution < -0.4 is 9.80 Å². The Bertz CT molecular complexity index is 6320. The van der Waals surface area contributed by atoms with Gasteiger partial charge in [0.05, 0.1) is 11.1 Å². The van der Waals surface area contributed by atoms with E-state index in [1.54, 1.807) is 0 Å². The number of anilines is 6. The largest absolute Gasteiger partial charge is 0.455 e. The molecule has 2 aliphatic rings. The summed E-state index contributed by atoms with van der Waals surface area (Å²) < 4.78 is 13.1. The summed E-state index contributed by atoms with van der Waals surface area (Å²) in [7, 11) is 0. The van der Waals surface area contributed by atoms with Crippen molar-refractivity contribution in [3.63, 3.8) is 0 Å². The second kappa shape index (κ2) is 23.3. The first-order valence-electron chi connectivity index (χ1n) is 35.3. The van der Waals surface area contributed by atoms with Gasteiger partial charge in [-0.25, -0.2) is 0 Å². The molecule has 18 aromatic rings. The summed E-state index contributed by atoms with van der Waals surface area (Å²) in [6.45, 7) is 4.79. The fourth-order valence-electron chi connectivity index (χ4n) is 17.1. The highest BCUT2D eigenvalue weighted by molar-refractivity contribution is 6.11. The maximum Gasteiger partial charge on any atom is 0.143 e. The lowest BCUT2D eigenvalue weighted by atomic mass is 9.67. The first-order chi connectivity index (χ1) is 50.3. The molecule has 0 bridgehead atoms. The average molecular weight is 1300 g/mol. The van der Waals surface area contributed by atoms with Gasteiger partial charge in [0.25, 0.3) is 0 Å². The maximum atomic E-state index is 6.58. The molecule has 4 heteroatoms. The van der Waals surface area contributed by atoms with Gasteiger partial charge in [-0.3, -0.25) is 0 Å². The van der Waals surface area contributed by atoms with E-state index in [0.717, 1.165) is 100 Å². The molecule has 0 N–H and O–H groups in total. The lowest BCUT2D eigenvalue weighted by molar-refractivity contribution is 0.660. The number of furan rings is 2. The molecule has 2 heterocycles. The molecule has 0 aliphatic heterocycles. The minimum absolute atomic E-state index is 0.313. The molecule has 2 aromatic heterocycles. The van der Waals surface area contributed by atoms with Crippen LogP contribution in [0.4, 0.5) is 34.1 Å². The van der Waals surface area contributed by atoms with Gasteiger partial charge in [-0.15, -0.1) is 0 Å². The van der Waals surface area contributed by atoms with E-state index < -0.39 is 5.41 Å². The number of nitrogens with zero attached hydrogens (tertiary/aromatic N) is 2. The predicted molar refractivity (Wildman–Crippen MR) is 424 cm³/mol. The number of fused-ring (bicyclic) bond motifs is 13. The van der Waals surface area contributed by atoms with Crippen molar-refractivity contribution in [2.45, 2.75) is 24.7 Å². The van der Waals surface area contributed by atoms with Crippen LogP contribution in [0.25, 0.3) is 121 Å². The molecular weight excluding hydrogens is 1240 g/mol. The van der Waals surface area contributed by atoms with Gasteiger partial charge < -0.3 is 18.6 Å². The van der Waals surface area contributed by atoms with Gasteiger partial charge in [0, 0.05) is 71.9 Å². The van der Waals surface area contributed by atoms with E-state index in [4.69, 9.17) is 8.83 Å². The summed E-state index contributed by atoms with van der Waals surface area (Å²) >= 11 is 0. The third-order valence-electron chi connectivity index (χ3n) is 22.0. The summed E-state index contributed by atoms with van der Waals surface area (Å²) in [6.07, 6.45) is 0. The normalized spacial score (nSPS) is 14.1. The van der Waals surface area contributed by atoms with Crippen LogP contribution in [0, 0.1) is 0 Å². The van der Waals surface area contributed by atoms with Crippen molar-refractivity contribution in [2.75, 3.05) is 9.80 Å². The van der Waals surface area contributed by atoms with E-state index in [9.17, 15) is 0 Å². The van der Waals surface area contributed by atoms with E-state index in [2.05, 4.69) is 375 Å². The molecule has 0 saturated carbocycles. The van der Waals surface area contributed by atoms with Crippen molar-refractivity contribution in [1.29, 1.82) is 0 Å². The average Bonchev–Trinajstić information content (AvgIpc) is 1.39. The molecule has 2 aliphatic carbocycles. The van der Waals surface area contributed by atoms with Crippen LogP contribution in [0.15, 0.2) is 373 Å². The Kier molecular flexibility index (Phi) is 13.5. The molecule has 4 nitrogen and oxygen atoms in total. The molecule has 0 radical (unpaired) electrons. The van der Waals surface area contributed by atoms with Gasteiger partial charge in [-0.1, -0.05) is 293 Å². The zero-order valence-electron chi connectivity index (χ0n) is 56.4. The van der Waals surface area contributed by atoms with Crippen molar-refractivity contribution in [3.8, 4) is 66.8 Å². The van der Waals surface area contributed by atoms with Crippen molar-refractivity contribution in [1.82, 2.24) is 0 Å². The Hall–Kier alpha value is -13.0. The van der Waals surface area contributed by atoms with Crippen molar-refractivity contribution in [3.05, 3.63) is 397 Å². The Morgan fingerprint density at radius 1 is 0.235 bits per heavy atom. The fraction of sp³-hybridized carbons (Fsp3) is 0.0408. The topological polar surface area (TPSA) is 32.8 Å². The third-order valence-corrected chi connectivity index (χ3v) is 22.0. The first-order valence-corrected chi connectivity index (χ1v) is 35.3. The van der Waals surface area contributed by atoms with Gasteiger partial charge in [-0.2, -0.15) is 0 Å². The summed E-state index contributed by atoms with van der Waals surface area (Å²) in [6, 6.07) is 134. The van der Waals surface area contributed by atoms with Crippen LogP contribution in [0.2, 0.25) is 0 Å². The highest BCUT2D eigenvalue weighted by Crippen LogP contribution is 2.59. The van der Waals surface area contributed by atoms with E-state index >= 15 is 0 Å². The molecule has 480 valence electrons. The Labute approximate surface area is 592 Å². The summed E-state index contributed by atoms with van der Waals surface area (Å²) in [5, 5.41) is 6.85. The number of para-hydroxylation sites is 4. The van der Waals surface area contributed by atoms with Crippen molar-refractivity contribution < 1.29 is 8.83 Å². The Morgan fingerprint density at radius 2 is 0.627 bits per heavy atom. The molecule has 0 amide bonds. The Morgan fingerprint density at radius 3 is 1.26 bits per heavy atom. The van der Waals surface area contributed by atoms with Crippen molar-refractivity contribution in [2.24, 2.45) is 0 Å². The quantitative estimate of drug-likeness (QED) is 0.122. The molecule has 102 heavy (non-hydrogen) atoms. The molecule has 16 aromatic carbocycles. The smallest absolute Gasteiger partial charge is 0.143 e. The van der Waals surface area contributed by atoms with Crippen LogP contribution in [0.1, 0.15) is 47.2 Å². The minimum Gasteiger partial charge on any atom is -0.455 e. The Balaban J connectivity index is 0.666.